The van der Waals surface area contributed by atoms with Crippen molar-refractivity contribution in [1.82, 2.24) is 0 Å². The average molecular weight is 276 g/mol. The average Bonchev–Trinajstić information content (AvgIpc) is 2.48. The molecule has 2 rings (SSSR count). The summed E-state index contributed by atoms with van der Waals surface area (Å²) in [4.78, 5) is 30.1. The number of isocyanates is 2. The molecule has 0 atom stereocenters. The molecule has 0 aromatic rings. The van der Waals surface area contributed by atoms with Gasteiger partial charge < -0.3 is 0 Å². The standard InChI is InChI=1S/C16H24N2O2/c1-13-7-9-15(10-8-13)16(17-11-19,18-12-20)14-5-3-2-4-6-14/h13-15H,2-10H2,1H3. The van der Waals surface area contributed by atoms with Crippen LogP contribution < -0.4 is 0 Å². The van der Waals surface area contributed by atoms with Crippen LogP contribution in [0.5, 0.6) is 0 Å². The van der Waals surface area contributed by atoms with Gasteiger partial charge in [-0.25, -0.2) is 9.59 Å². The van der Waals surface area contributed by atoms with E-state index in [0.717, 1.165) is 57.3 Å². The van der Waals surface area contributed by atoms with Crippen molar-refractivity contribution in [3.8, 4) is 0 Å². The molecule has 0 N–H and O–H groups in total. The molecule has 0 saturated heterocycles. The molecule has 2 saturated carbocycles. The predicted octanol–water partition coefficient (Wildman–Crippen LogP) is 3.76. The minimum Gasteiger partial charge on any atom is -0.211 e. The van der Waals surface area contributed by atoms with Crippen molar-refractivity contribution in [2.75, 3.05) is 0 Å². The second-order valence-electron chi connectivity index (χ2n) is 6.48. The van der Waals surface area contributed by atoms with E-state index in [2.05, 4.69) is 16.9 Å². The first-order chi connectivity index (χ1) is 9.73. The lowest BCUT2D eigenvalue weighted by molar-refractivity contribution is 0.103. The van der Waals surface area contributed by atoms with Gasteiger partial charge in [0.2, 0.25) is 12.2 Å². The second-order valence-corrected chi connectivity index (χ2v) is 6.48. The Morgan fingerprint density at radius 1 is 0.800 bits per heavy atom. The van der Waals surface area contributed by atoms with E-state index in [1.54, 1.807) is 12.2 Å². The second kappa shape index (κ2) is 6.97. The smallest absolute Gasteiger partial charge is 0.211 e. The molecule has 0 amide bonds. The van der Waals surface area contributed by atoms with Crippen molar-refractivity contribution in [2.45, 2.75) is 70.4 Å². The largest absolute Gasteiger partial charge is 0.237 e. The number of rotatable bonds is 4. The molecule has 4 heteroatoms. The van der Waals surface area contributed by atoms with Gasteiger partial charge in [0.25, 0.3) is 0 Å². The van der Waals surface area contributed by atoms with Crippen molar-refractivity contribution >= 4 is 12.2 Å². The molecule has 4 nitrogen and oxygen atoms in total. The van der Waals surface area contributed by atoms with Crippen LogP contribution in [-0.4, -0.2) is 17.8 Å². The number of hydrogen-bond donors (Lipinski definition) is 0. The molecule has 0 aromatic carbocycles. The Bertz CT molecular complexity index is 390. The summed E-state index contributed by atoms with van der Waals surface area (Å²) < 4.78 is 0. The van der Waals surface area contributed by atoms with Crippen molar-refractivity contribution in [3.63, 3.8) is 0 Å². The van der Waals surface area contributed by atoms with Gasteiger partial charge in [0, 0.05) is 11.8 Å². The fraction of sp³-hybridized carbons (Fsp3) is 0.875. The summed E-state index contributed by atoms with van der Waals surface area (Å²) in [5.41, 5.74) is -0.871. The number of carbonyl (C=O) groups excluding carboxylic acids is 2. The van der Waals surface area contributed by atoms with E-state index >= 15 is 0 Å². The molecular weight excluding hydrogens is 252 g/mol. The molecule has 0 bridgehead atoms. The summed E-state index contributed by atoms with van der Waals surface area (Å²) in [6.45, 7) is 2.25. The van der Waals surface area contributed by atoms with Gasteiger partial charge in [-0.2, -0.15) is 9.98 Å². The van der Waals surface area contributed by atoms with Gasteiger partial charge in [0.1, 0.15) is 0 Å². The van der Waals surface area contributed by atoms with Gasteiger partial charge >= 0.3 is 0 Å². The van der Waals surface area contributed by atoms with Crippen molar-refractivity contribution < 1.29 is 9.59 Å². The highest BCUT2D eigenvalue weighted by molar-refractivity contribution is 5.40. The third kappa shape index (κ3) is 3.08. The number of nitrogens with zero attached hydrogens (tertiary/aromatic N) is 2. The van der Waals surface area contributed by atoms with E-state index in [1.807, 2.05) is 0 Å². The molecule has 0 heterocycles. The Morgan fingerprint density at radius 2 is 1.30 bits per heavy atom. The molecule has 2 aliphatic carbocycles. The molecule has 2 fully saturated rings. The Balaban J connectivity index is 2.30. The summed E-state index contributed by atoms with van der Waals surface area (Å²) in [5.74, 6) is 1.12. The molecule has 110 valence electrons. The zero-order valence-electron chi connectivity index (χ0n) is 12.3. The molecule has 0 aromatic heterocycles. The van der Waals surface area contributed by atoms with Crippen LogP contribution in [0, 0.1) is 17.8 Å². The van der Waals surface area contributed by atoms with Crippen LogP contribution in [0.1, 0.15) is 64.7 Å². The Labute approximate surface area is 120 Å². The maximum Gasteiger partial charge on any atom is 0.237 e. The third-order valence-electron chi connectivity index (χ3n) is 5.27. The van der Waals surface area contributed by atoms with E-state index in [1.165, 1.54) is 6.42 Å². The molecule has 0 spiro atoms. The van der Waals surface area contributed by atoms with Gasteiger partial charge in [0.05, 0.1) is 0 Å². The fourth-order valence-corrected chi connectivity index (χ4v) is 4.08. The molecule has 0 aliphatic heterocycles. The summed E-state index contributed by atoms with van der Waals surface area (Å²) in [6, 6.07) is 0. The first-order valence-corrected chi connectivity index (χ1v) is 7.91. The lowest BCUT2D eigenvalue weighted by atomic mass is 9.68. The van der Waals surface area contributed by atoms with Gasteiger partial charge in [-0.3, -0.25) is 0 Å². The Morgan fingerprint density at radius 3 is 1.80 bits per heavy atom. The molecule has 0 radical (unpaired) electrons. The minimum absolute atomic E-state index is 0.199. The fourth-order valence-electron chi connectivity index (χ4n) is 4.08. The minimum atomic E-state index is -0.871. The van der Waals surface area contributed by atoms with E-state index < -0.39 is 5.66 Å². The van der Waals surface area contributed by atoms with Crippen LogP contribution >= 0.6 is 0 Å². The topological polar surface area (TPSA) is 58.9 Å². The van der Waals surface area contributed by atoms with Gasteiger partial charge in [-0.1, -0.05) is 39.0 Å². The highest BCUT2D eigenvalue weighted by Crippen LogP contribution is 2.46. The first kappa shape index (κ1) is 15.2. The maximum atomic E-state index is 11.0. The number of hydrogen-bond acceptors (Lipinski definition) is 4. The van der Waals surface area contributed by atoms with E-state index in [0.29, 0.717) is 0 Å². The summed E-state index contributed by atoms with van der Waals surface area (Å²) >= 11 is 0. The first-order valence-electron chi connectivity index (χ1n) is 7.91. The lowest BCUT2D eigenvalue weighted by Gasteiger charge is -2.42. The SMILES string of the molecule is CC1CCC(C(N=C=O)(N=C=O)C2CCCCC2)CC1. The van der Waals surface area contributed by atoms with Crippen molar-refractivity contribution in [2.24, 2.45) is 27.7 Å². The monoisotopic (exact) mass is 276 g/mol. The molecule has 20 heavy (non-hydrogen) atoms. The molecular formula is C16H24N2O2. The normalized spacial score (nSPS) is 30.6. The van der Waals surface area contributed by atoms with Crippen LogP contribution in [0.25, 0.3) is 0 Å². The molecule has 2 aliphatic rings. The quantitative estimate of drug-likeness (QED) is 0.580. The van der Waals surface area contributed by atoms with E-state index in [4.69, 9.17) is 0 Å². The third-order valence-corrected chi connectivity index (χ3v) is 5.27. The van der Waals surface area contributed by atoms with Crippen LogP contribution in [0.15, 0.2) is 9.98 Å². The Kier molecular flexibility index (Phi) is 5.28. The molecule has 0 unspecified atom stereocenters. The highest BCUT2D eigenvalue weighted by Gasteiger charge is 2.47. The summed E-state index contributed by atoms with van der Waals surface area (Å²) in [6.07, 6.45) is 13.2. The predicted molar refractivity (Wildman–Crippen MR) is 76.7 cm³/mol. The van der Waals surface area contributed by atoms with Gasteiger partial charge in [-0.05, 0) is 31.6 Å². The highest BCUT2D eigenvalue weighted by atomic mass is 16.1. The Hall–Kier alpha value is -1.24. The maximum absolute atomic E-state index is 11.0. The zero-order chi connectivity index (χ0) is 14.4. The van der Waals surface area contributed by atoms with Crippen molar-refractivity contribution in [1.29, 1.82) is 0 Å². The van der Waals surface area contributed by atoms with Gasteiger partial charge in [-0.15, -0.1) is 0 Å². The number of aliphatic imine (C=N–C) groups is 2. The summed E-state index contributed by atoms with van der Waals surface area (Å²) in [7, 11) is 0. The zero-order valence-corrected chi connectivity index (χ0v) is 12.3. The van der Waals surface area contributed by atoms with Crippen LogP contribution in [-0.2, 0) is 9.59 Å². The van der Waals surface area contributed by atoms with E-state index in [9.17, 15) is 9.59 Å². The summed E-state index contributed by atoms with van der Waals surface area (Å²) in [5, 5.41) is 0. The van der Waals surface area contributed by atoms with Crippen LogP contribution in [0.3, 0.4) is 0 Å². The van der Waals surface area contributed by atoms with Gasteiger partial charge in [0.15, 0.2) is 5.66 Å². The van der Waals surface area contributed by atoms with Crippen LogP contribution in [0.2, 0.25) is 0 Å². The van der Waals surface area contributed by atoms with Crippen LogP contribution in [0.4, 0.5) is 0 Å². The van der Waals surface area contributed by atoms with Crippen molar-refractivity contribution in [3.05, 3.63) is 0 Å². The lowest BCUT2D eigenvalue weighted by Crippen LogP contribution is -2.44. The van der Waals surface area contributed by atoms with E-state index in [-0.39, 0.29) is 11.8 Å².